The Hall–Kier alpha value is -3.28. The molecular formula is C20H18N6. The van der Waals surface area contributed by atoms with E-state index in [-0.39, 0.29) is 0 Å². The van der Waals surface area contributed by atoms with Gasteiger partial charge in [0.25, 0.3) is 0 Å². The van der Waals surface area contributed by atoms with Gasteiger partial charge in [0.2, 0.25) is 0 Å². The number of aromatic nitrogens is 6. The van der Waals surface area contributed by atoms with Crippen LogP contribution in [0, 0.1) is 13.8 Å². The Kier molecular flexibility index (Phi) is 3.09. The molecule has 6 nitrogen and oxygen atoms in total. The fourth-order valence-electron chi connectivity index (χ4n) is 3.45. The van der Waals surface area contributed by atoms with E-state index in [9.17, 15) is 0 Å². The van der Waals surface area contributed by atoms with Crippen molar-refractivity contribution < 1.29 is 0 Å². The lowest BCUT2D eigenvalue weighted by Crippen LogP contribution is -1.97. The molecule has 128 valence electrons. The van der Waals surface area contributed by atoms with E-state index in [1.807, 2.05) is 37.6 Å². The first-order chi connectivity index (χ1) is 12.6. The topological polar surface area (TPSA) is 60.9 Å². The van der Waals surface area contributed by atoms with Gasteiger partial charge in [-0.15, -0.1) is 5.10 Å². The lowest BCUT2D eigenvalue weighted by molar-refractivity contribution is 0.847. The van der Waals surface area contributed by atoms with Crippen LogP contribution in [0.5, 0.6) is 0 Å². The van der Waals surface area contributed by atoms with Gasteiger partial charge in [-0.25, -0.2) is 14.5 Å². The Bertz CT molecular complexity index is 1160. The van der Waals surface area contributed by atoms with E-state index in [1.54, 1.807) is 0 Å². The summed E-state index contributed by atoms with van der Waals surface area (Å²) in [6.45, 7) is 6.82. The monoisotopic (exact) mass is 342 g/mol. The van der Waals surface area contributed by atoms with Crippen LogP contribution in [0.1, 0.15) is 35.4 Å². The highest BCUT2D eigenvalue weighted by atomic mass is 15.3. The molecule has 0 atom stereocenters. The van der Waals surface area contributed by atoms with Crippen molar-refractivity contribution in [2.24, 2.45) is 0 Å². The predicted octanol–water partition coefficient (Wildman–Crippen LogP) is 3.53. The molecule has 3 aromatic heterocycles. The molecule has 26 heavy (non-hydrogen) atoms. The standard InChI is InChI=1S/C20H18N6/c1-12(18-23-19-14(3)21-9-13(2)26(19)24-18)8-16-11-25-10-15-6-4-5-7-17(15)20(25)22-16/h4-9,11H,10H2,1-3H3. The van der Waals surface area contributed by atoms with Crippen LogP contribution >= 0.6 is 0 Å². The zero-order valence-corrected chi connectivity index (χ0v) is 14.9. The molecular weight excluding hydrogens is 324 g/mol. The average molecular weight is 342 g/mol. The Morgan fingerprint density at radius 3 is 2.85 bits per heavy atom. The average Bonchev–Trinajstić information content (AvgIpc) is 3.31. The second-order valence-corrected chi connectivity index (χ2v) is 6.76. The first kappa shape index (κ1) is 15.0. The van der Waals surface area contributed by atoms with Crippen molar-refractivity contribution in [2.75, 3.05) is 0 Å². The Balaban J connectivity index is 1.55. The summed E-state index contributed by atoms with van der Waals surface area (Å²) in [7, 11) is 0. The van der Waals surface area contributed by atoms with E-state index in [1.165, 1.54) is 11.1 Å². The molecule has 0 bridgehead atoms. The van der Waals surface area contributed by atoms with Crippen LogP contribution in [0.4, 0.5) is 0 Å². The number of rotatable bonds is 2. The Morgan fingerprint density at radius 2 is 2.00 bits per heavy atom. The van der Waals surface area contributed by atoms with Crippen LogP contribution in [0.15, 0.2) is 36.7 Å². The van der Waals surface area contributed by atoms with E-state index in [4.69, 9.17) is 4.98 Å². The van der Waals surface area contributed by atoms with E-state index < -0.39 is 0 Å². The van der Waals surface area contributed by atoms with E-state index in [0.29, 0.717) is 5.82 Å². The lowest BCUT2D eigenvalue weighted by atomic mass is 10.1. The number of aryl methyl sites for hydroxylation is 2. The molecule has 0 saturated heterocycles. The molecule has 1 aliphatic heterocycles. The highest BCUT2D eigenvalue weighted by Gasteiger charge is 2.20. The van der Waals surface area contributed by atoms with Crippen LogP contribution in [-0.2, 0) is 6.54 Å². The third-order valence-electron chi connectivity index (χ3n) is 4.82. The van der Waals surface area contributed by atoms with Crippen molar-refractivity contribution in [3.63, 3.8) is 0 Å². The van der Waals surface area contributed by atoms with Gasteiger partial charge in [0.05, 0.1) is 17.1 Å². The highest BCUT2D eigenvalue weighted by molar-refractivity contribution is 5.78. The van der Waals surface area contributed by atoms with Crippen molar-refractivity contribution >= 4 is 17.3 Å². The largest absolute Gasteiger partial charge is 0.326 e. The number of benzene rings is 1. The van der Waals surface area contributed by atoms with Gasteiger partial charge < -0.3 is 4.57 Å². The maximum absolute atomic E-state index is 4.80. The van der Waals surface area contributed by atoms with E-state index in [0.717, 1.165) is 40.7 Å². The summed E-state index contributed by atoms with van der Waals surface area (Å²) < 4.78 is 4.04. The molecule has 4 heterocycles. The maximum Gasteiger partial charge on any atom is 0.178 e. The van der Waals surface area contributed by atoms with Crippen LogP contribution in [0.2, 0.25) is 0 Å². The van der Waals surface area contributed by atoms with Crippen molar-refractivity contribution in [3.05, 3.63) is 65.1 Å². The Morgan fingerprint density at radius 1 is 1.15 bits per heavy atom. The minimum absolute atomic E-state index is 0.706. The minimum Gasteiger partial charge on any atom is -0.326 e. The van der Waals surface area contributed by atoms with Crippen molar-refractivity contribution in [3.8, 4) is 11.4 Å². The van der Waals surface area contributed by atoms with Crippen molar-refractivity contribution in [1.82, 2.24) is 29.1 Å². The highest BCUT2D eigenvalue weighted by Crippen LogP contribution is 2.31. The molecule has 0 spiro atoms. The number of hydrogen-bond donors (Lipinski definition) is 0. The summed E-state index contributed by atoms with van der Waals surface area (Å²) in [6.07, 6.45) is 5.95. The van der Waals surface area contributed by atoms with Crippen molar-refractivity contribution in [2.45, 2.75) is 27.3 Å². The Labute approximate surface area is 150 Å². The lowest BCUT2D eigenvalue weighted by Gasteiger charge is -1.97. The third-order valence-corrected chi connectivity index (χ3v) is 4.82. The summed E-state index contributed by atoms with van der Waals surface area (Å²) in [5.74, 6) is 1.73. The number of allylic oxidation sites excluding steroid dienone is 1. The number of imidazole rings is 1. The number of hydrogen-bond acceptors (Lipinski definition) is 4. The molecule has 0 aliphatic carbocycles. The van der Waals surface area contributed by atoms with E-state index >= 15 is 0 Å². The first-order valence-electron chi connectivity index (χ1n) is 8.63. The number of nitrogens with zero attached hydrogens (tertiary/aromatic N) is 6. The molecule has 1 aromatic carbocycles. The van der Waals surface area contributed by atoms with Gasteiger partial charge in [0.1, 0.15) is 5.82 Å². The smallest absolute Gasteiger partial charge is 0.178 e. The number of fused-ring (bicyclic) bond motifs is 4. The predicted molar refractivity (Wildman–Crippen MR) is 101 cm³/mol. The zero-order valence-electron chi connectivity index (χ0n) is 14.9. The maximum atomic E-state index is 4.80. The fraction of sp³-hybridized carbons (Fsp3) is 0.200. The molecule has 1 aliphatic rings. The van der Waals surface area contributed by atoms with Crippen LogP contribution in [-0.4, -0.2) is 29.1 Å². The summed E-state index contributed by atoms with van der Waals surface area (Å²) in [5, 5.41) is 4.63. The summed E-state index contributed by atoms with van der Waals surface area (Å²) in [6, 6.07) is 8.42. The normalized spacial score (nSPS) is 13.3. The quantitative estimate of drug-likeness (QED) is 0.492. The first-order valence-corrected chi connectivity index (χ1v) is 8.63. The molecule has 5 rings (SSSR count). The van der Waals surface area contributed by atoms with Gasteiger partial charge >= 0.3 is 0 Å². The molecule has 0 saturated carbocycles. The van der Waals surface area contributed by atoms with Crippen LogP contribution in [0.3, 0.4) is 0 Å². The molecule has 0 radical (unpaired) electrons. The summed E-state index contributed by atoms with van der Waals surface area (Å²) in [5.41, 5.74) is 7.09. The van der Waals surface area contributed by atoms with Crippen LogP contribution in [0.25, 0.3) is 28.7 Å². The molecule has 0 amide bonds. The second-order valence-electron chi connectivity index (χ2n) is 6.76. The van der Waals surface area contributed by atoms with Gasteiger partial charge in [0.15, 0.2) is 11.5 Å². The third kappa shape index (κ3) is 2.19. The molecule has 6 heteroatoms. The van der Waals surface area contributed by atoms with Crippen molar-refractivity contribution in [1.29, 1.82) is 0 Å². The second kappa shape index (κ2) is 5.36. The van der Waals surface area contributed by atoms with Gasteiger partial charge in [0, 0.05) is 24.5 Å². The van der Waals surface area contributed by atoms with E-state index in [2.05, 4.69) is 50.1 Å². The fourth-order valence-corrected chi connectivity index (χ4v) is 3.45. The SMILES string of the molecule is CC(=Cc1cn2c(n1)-c1ccccc1C2)c1nc2c(C)ncc(C)n2n1. The molecule has 4 aromatic rings. The van der Waals surface area contributed by atoms with Gasteiger partial charge in [-0.1, -0.05) is 24.3 Å². The zero-order chi connectivity index (χ0) is 17.8. The van der Waals surface area contributed by atoms with Gasteiger partial charge in [-0.2, -0.15) is 0 Å². The summed E-state index contributed by atoms with van der Waals surface area (Å²) in [4.78, 5) is 13.8. The molecule has 0 fully saturated rings. The molecule has 0 unspecified atom stereocenters. The summed E-state index contributed by atoms with van der Waals surface area (Å²) >= 11 is 0. The van der Waals surface area contributed by atoms with Gasteiger partial charge in [-0.3, -0.25) is 4.98 Å². The molecule has 0 N–H and O–H groups in total. The van der Waals surface area contributed by atoms with Crippen LogP contribution < -0.4 is 0 Å². The minimum atomic E-state index is 0.706. The van der Waals surface area contributed by atoms with Gasteiger partial charge in [-0.05, 0) is 38.0 Å².